The Morgan fingerprint density at radius 1 is 0.939 bits per heavy atom. The van der Waals surface area contributed by atoms with Gasteiger partial charge in [-0.25, -0.2) is 8.42 Å². The Labute approximate surface area is 197 Å². The Bertz CT molecular complexity index is 1270. The molecule has 1 fully saturated rings. The summed E-state index contributed by atoms with van der Waals surface area (Å²) < 4.78 is 27.4. The molecule has 9 heteroatoms. The van der Waals surface area contributed by atoms with Crippen LogP contribution in [0.5, 0.6) is 0 Å². The fourth-order valence-corrected chi connectivity index (χ4v) is 4.88. The van der Waals surface area contributed by atoms with Crippen LogP contribution >= 0.6 is 11.6 Å². The molecule has 1 amide bonds. The van der Waals surface area contributed by atoms with E-state index in [0.717, 1.165) is 21.4 Å². The lowest BCUT2D eigenvalue weighted by Crippen LogP contribution is -2.50. The summed E-state index contributed by atoms with van der Waals surface area (Å²) in [4.78, 5) is 14.5. The summed E-state index contributed by atoms with van der Waals surface area (Å²) in [5.41, 5.74) is 2.85. The molecule has 0 saturated carbocycles. The van der Waals surface area contributed by atoms with Gasteiger partial charge in [0.2, 0.25) is 10.0 Å². The summed E-state index contributed by atoms with van der Waals surface area (Å²) in [7, 11) is -3.59. The Balaban J connectivity index is 1.37. The van der Waals surface area contributed by atoms with E-state index in [1.807, 2.05) is 6.07 Å². The third-order valence-corrected chi connectivity index (χ3v) is 7.25. The molecular weight excluding hydrogens is 462 g/mol. The number of carbonyl (C=O) groups is 1. The van der Waals surface area contributed by atoms with Gasteiger partial charge in [-0.2, -0.15) is 9.04 Å². The maximum atomic E-state index is 12.9. The van der Waals surface area contributed by atoms with Gasteiger partial charge >= 0.3 is 0 Å². The van der Waals surface area contributed by atoms with Gasteiger partial charge in [-0.05, 0) is 47.5 Å². The zero-order valence-electron chi connectivity index (χ0n) is 17.7. The smallest absolute Gasteiger partial charge is 0.253 e. The molecule has 2 aromatic carbocycles. The van der Waals surface area contributed by atoms with Gasteiger partial charge in [-0.3, -0.25) is 4.79 Å². The predicted molar refractivity (Wildman–Crippen MR) is 128 cm³/mol. The van der Waals surface area contributed by atoms with Crippen LogP contribution in [0.3, 0.4) is 0 Å². The van der Waals surface area contributed by atoms with Crippen molar-refractivity contribution in [3.8, 4) is 11.1 Å². The summed E-state index contributed by atoms with van der Waals surface area (Å²) in [5, 5.41) is 13.2. The molecule has 0 unspecified atom stereocenters. The average Bonchev–Trinajstić information content (AvgIpc) is 2.83. The molecular formula is C24H22ClN3O4S. The molecule has 0 bridgehead atoms. The molecule has 0 aliphatic carbocycles. The second-order valence-corrected chi connectivity index (χ2v) is 9.88. The Morgan fingerprint density at radius 3 is 2.24 bits per heavy atom. The second-order valence-electron chi connectivity index (χ2n) is 7.62. The number of piperazine rings is 1. The quantitative estimate of drug-likeness (QED) is 0.411. The third kappa shape index (κ3) is 5.60. The Morgan fingerprint density at radius 2 is 1.61 bits per heavy atom. The molecule has 0 radical (unpaired) electrons. The topological polar surface area (TPSA) is 84.6 Å². The standard InChI is InChI=1S/C24H22ClN3O4S/c25-23-9-3-19(4-10-23)11-17-33(31,32)28-15-13-26(14-16-28)24(29)21-7-5-20(6-8-21)22-2-1-12-27(30)18-22/h1-12,17-18H,13-16H2/b17-11+. The summed E-state index contributed by atoms with van der Waals surface area (Å²) in [6.07, 6.45) is 4.42. The second kappa shape index (κ2) is 9.74. The number of hydrogen-bond acceptors (Lipinski definition) is 4. The predicted octanol–water partition coefficient (Wildman–Crippen LogP) is 3.40. The molecule has 2 heterocycles. The van der Waals surface area contributed by atoms with Gasteiger partial charge in [0, 0.05) is 53.8 Å². The van der Waals surface area contributed by atoms with Crippen molar-refractivity contribution in [3.63, 3.8) is 0 Å². The minimum Gasteiger partial charge on any atom is -0.619 e. The van der Waals surface area contributed by atoms with E-state index in [9.17, 15) is 18.4 Å². The van der Waals surface area contributed by atoms with Crippen molar-refractivity contribution in [3.05, 3.63) is 99.8 Å². The minimum absolute atomic E-state index is 0.151. The van der Waals surface area contributed by atoms with Crippen LogP contribution < -0.4 is 4.73 Å². The monoisotopic (exact) mass is 483 g/mol. The molecule has 3 aromatic rings. The SMILES string of the molecule is O=C(c1ccc(-c2ccc[n+]([O-])c2)cc1)N1CCN(S(=O)(=O)/C=C/c2ccc(Cl)cc2)CC1. The lowest BCUT2D eigenvalue weighted by molar-refractivity contribution is -0.604. The number of amides is 1. The van der Waals surface area contributed by atoms with Crippen LogP contribution in [0.2, 0.25) is 5.02 Å². The van der Waals surface area contributed by atoms with Gasteiger partial charge in [-0.15, -0.1) is 0 Å². The van der Waals surface area contributed by atoms with E-state index in [1.165, 1.54) is 28.2 Å². The first kappa shape index (κ1) is 23.0. The molecule has 0 spiro atoms. The normalized spacial score (nSPS) is 15.1. The molecule has 1 saturated heterocycles. The van der Waals surface area contributed by atoms with Crippen LogP contribution in [0.15, 0.2) is 78.5 Å². The van der Waals surface area contributed by atoms with E-state index in [1.54, 1.807) is 59.5 Å². The molecule has 1 aliphatic heterocycles. The zero-order chi connectivity index (χ0) is 23.4. The molecule has 0 atom stereocenters. The number of benzene rings is 2. The number of pyridine rings is 1. The van der Waals surface area contributed by atoms with Crippen molar-refractivity contribution in [2.75, 3.05) is 26.2 Å². The van der Waals surface area contributed by atoms with Gasteiger partial charge in [0.15, 0.2) is 12.4 Å². The van der Waals surface area contributed by atoms with E-state index in [4.69, 9.17) is 11.6 Å². The van der Waals surface area contributed by atoms with E-state index in [2.05, 4.69) is 0 Å². The molecule has 33 heavy (non-hydrogen) atoms. The van der Waals surface area contributed by atoms with Crippen molar-refractivity contribution >= 4 is 33.6 Å². The van der Waals surface area contributed by atoms with Crippen molar-refractivity contribution in [2.45, 2.75) is 0 Å². The number of sulfonamides is 1. The van der Waals surface area contributed by atoms with E-state index < -0.39 is 10.0 Å². The maximum absolute atomic E-state index is 12.9. The Hall–Kier alpha value is -3.20. The lowest BCUT2D eigenvalue weighted by atomic mass is 10.1. The number of nitrogens with zero attached hydrogens (tertiary/aromatic N) is 3. The lowest BCUT2D eigenvalue weighted by Gasteiger charge is -2.33. The highest BCUT2D eigenvalue weighted by atomic mass is 35.5. The van der Waals surface area contributed by atoms with Gasteiger partial charge in [0.1, 0.15) is 0 Å². The summed E-state index contributed by atoms with van der Waals surface area (Å²) >= 11 is 5.85. The van der Waals surface area contributed by atoms with Crippen LogP contribution in [-0.4, -0.2) is 49.7 Å². The first-order valence-electron chi connectivity index (χ1n) is 10.3. The van der Waals surface area contributed by atoms with E-state index >= 15 is 0 Å². The highest BCUT2D eigenvalue weighted by molar-refractivity contribution is 7.92. The van der Waals surface area contributed by atoms with Crippen LogP contribution in [0.1, 0.15) is 15.9 Å². The van der Waals surface area contributed by atoms with Crippen molar-refractivity contribution in [1.82, 2.24) is 9.21 Å². The molecule has 170 valence electrons. The number of aromatic nitrogens is 1. The highest BCUT2D eigenvalue weighted by Gasteiger charge is 2.27. The number of halogens is 1. The molecule has 0 N–H and O–H groups in total. The van der Waals surface area contributed by atoms with Gasteiger partial charge in [0.05, 0.1) is 0 Å². The average molecular weight is 484 g/mol. The number of hydrogen-bond donors (Lipinski definition) is 0. The first-order chi connectivity index (χ1) is 15.8. The first-order valence-corrected chi connectivity index (χ1v) is 12.2. The zero-order valence-corrected chi connectivity index (χ0v) is 19.2. The maximum Gasteiger partial charge on any atom is 0.253 e. The van der Waals surface area contributed by atoms with Crippen LogP contribution in [0.25, 0.3) is 17.2 Å². The summed E-state index contributed by atoms with van der Waals surface area (Å²) in [6.45, 7) is 1.07. The van der Waals surface area contributed by atoms with Crippen molar-refractivity contribution in [1.29, 1.82) is 0 Å². The molecule has 4 rings (SSSR count). The molecule has 7 nitrogen and oxygen atoms in total. The minimum atomic E-state index is -3.59. The Kier molecular flexibility index (Phi) is 6.78. The van der Waals surface area contributed by atoms with Crippen molar-refractivity contribution in [2.24, 2.45) is 0 Å². The van der Waals surface area contributed by atoms with Gasteiger partial charge < -0.3 is 10.1 Å². The van der Waals surface area contributed by atoms with E-state index in [-0.39, 0.29) is 19.0 Å². The van der Waals surface area contributed by atoms with Gasteiger partial charge in [0.25, 0.3) is 5.91 Å². The summed E-state index contributed by atoms with van der Waals surface area (Å²) in [5.74, 6) is -0.151. The number of rotatable bonds is 5. The molecule has 1 aromatic heterocycles. The number of carbonyl (C=O) groups excluding carboxylic acids is 1. The van der Waals surface area contributed by atoms with Gasteiger partial charge in [-0.1, -0.05) is 35.9 Å². The highest BCUT2D eigenvalue weighted by Crippen LogP contribution is 2.20. The van der Waals surface area contributed by atoms with E-state index in [0.29, 0.717) is 23.7 Å². The fraction of sp³-hybridized carbons (Fsp3) is 0.167. The van der Waals surface area contributed by atoms with Crippen LogP contribution in [0, 0.1) is 5.21 Å². The third-order valence-electron chi connectivity index (χ3n) is 5.43. The fourth-order valence-electron chi connectivity index (χ4n) is 3.58. The van der Waals surface area contributed by atoms with Crippen LogP contribution in [0.4, 0.5) is 0 Å². The van der Waals surface area contributed by atoms with Crippen molar-refractivity contribution < 1.29 is 17.9 Å². The van der Waals surface area contributed by atoms with Crippen LogP contribution in [-0.2, 0) is 10.0 Å². The molecule has 1 aliphatic rings. The largest absolute Gasteiger partial charge is 0.619 e. The summed E-state index contributed by atoms with van der Waals surface area (Å²) in [6, 6.07) is 17.4.